The molecule has 0 spiro atoms. The van der Waals surface area contributed by atoms with Gasteiger partial charge in [0.25, 0.3) is 0 Å². The minimum absolute atomic E-state index is 0.0364. The van der Waals surface area contributed by atoms with E-state index < -0.39 is 0 Å². The number of β-lactam (4-membered cyclic amide) rings is 1. The van der Waals surface area contributed by atoms with Crippen LogP contribution in [0.5, 0.6) is 0 Å². The molecule has 1 fully saturated rings. The molecule has 2 aromatic carbocycles. The first-order valence-corrected chi connectivity index (χ1v) is 7.42. The highest BCUT2D eigenvalue weighted by Crippen LogP contribution is 2.23. The summed E-state index contributed by atoms with van der Waals surface area (Å²) in [6.45, 7) is 0.432. The van der Waals surface area contributed by atoms with Gasteiger partial charge in [-0.05, 0) is 17.5 Å². The number of hydrogen-bond acceptors (Lipinski definition) is 2. The standard InChI is InChI=1S/C18H18N2O2/c21-17-12-16(11-14-7-3-1-4-8-14)20(17)18(22)19-13-15-9-5-2-6-10-15/h1-10,16H,11-13H2,(H,19,22). The summed E-state index contributed by atoms with van der Waals surface area (Å²) in [6, 6.07) is 19.3. The van der Waals surface area contributed by atoms with Crippen molar-refractivity contribution in [2.45, 2.75) is 25.4 Å². The quantitative estimate of drug-likeness (QED) is 0.881. The number of likely N-dealkylation sites (tertiary alicyclic amines) is 1. The highest BCUT2D eigenvalue weighted by Gasteiger charge is 2.40. The molecule has 1 heterocycles. The summed E-state index contributed by atoms with van der Waals surface area (Å²) >= 11 is 0. The van der Waals surface area contributed by atoms with Crippen molar-refractivity contribution >= 4 is 11.9 Å². The van der Waals surface area contributed by atoms with Gasteiger partial charge >= 0.3 is 6.03 Å². The lowest BCUT2D eigenvalue weighted by Crippen LogP contribution is -2.59. The van der Waals surface area contributed by atoms with Crippen LogP contribution in [0.2, 0.25) is 0 Å². The zero-order valence-electron chi connectivity index (χ0n) is 12.2. The minimum Gasteiger partial charge on any atom is -0.334 e. The number of imide groups is 1. The Kier molecular flexibility index (Phi) is 4.19. The molecule has 1 saturated heterocycles. The van der Waals surface area contributed by atoms with Crippen molar-refractivity contribution in [3.05, 3.63) is 71.8 Å². The van der Waals surface area contributed by atoms with Gasteiger partial charge in [-0.2, -0.15) is 0 Å². The van der Waals surface area contributed by atoms with Gasteiger partial charge in [-0.15, -0.1) is 0 Å². The van der Waals surface area contributed by atoms with Crippen LogP contribution < -0.4 is 5.32 Å². The van der Waals surface area contributed by atoms with Gasteiger partial charge in [0, 0.05) is 13.0 Å². The van der Waals surface area contributed by atoms with Gasteiger partial charge in [0.1, 0.15) is 0 Å². The van der Waals surface area contributed by atoms with Gasteiger partial charge in [0.05, 0.1) is 6.04 Å². The first kappa shape index (κ1) is 14.3. The maximum atomic E-state index is 12.2. The lowest BCUT2D eigenvalue weighted by Gasteiger charge is -2.38. The van der Waals surface area contributed by atoms with Gasteiger partial charge in [-0.3, -0.25) is 9.69 Å². The molecule has 112 valence electrons. The molecule has 1 unspecified atom stereocenters. The van der Waals surface area contributed by atoms with Crippen LogP contribution in [-0.4, -0.2) is 22.9 Å². The summed E-state index contributed by atoms with van der Waals surface area (Å²) in [5.41, 5.74) is 2.16. The highest BCUT2D eigenvalue weighted by molar-refractivity contribution is 5.99. The lowest BCUT2D eigenvalue weighted by molar-refractivity contribution is -0.140. The third kappa shape index (κ3) is 3.17. The van der Waals surface area contributed by atoms with Crippen LogP contribution in [0.1, 0.15) is 17.5 Å². The molecule has 0 aliphatic carbocycles. The first-order valence-electron chi connectivity index (χ1n) is 7.42. The van der Waals surface area contributed by atoms with E-state index >= 15 is 0 Å². The highest BCUT2D eigenvalue weighted by atomic mass is 16.2. The fourth-order valence-electron chi connectivity index (χ4n) is 2.67. The summed E-state index contributed by atoms with van der Waals surface area (Å²) in [4.78, 5) is 25.3. The summed E-state index contributed by atoms with van der Waals surface area (Å²) in [5.74, 6) is -0.105. The van der Waals surface area contributed by atoms with Crippen molar-refractivity contribution in [2.24, 2.45) is 0 Å². The molecular formula is C18H18N2O2. The number of carbonyl (C=O) groups is 2. The molecule has 1 aliphatic rings. The van der Waals surface area contributed by atoms with Gasteiger partial charge in [-0.1, -0.05) is 60.7 Å². The molecule has 4 nitrogen and oxygen atoms in total. The molecule has 22 heavy (non-hydrogen) atoms. The zero-order valence-corrected chi connectivity index (χ0v) is 12.2. The van der Waals surface area contributed by atoms with Crippen molar-refractivity contribution < 1.29 is 9.59 Å². The molecule has 4 heteroatoms. The van der Waals surface area contributed by atoms with E-state index in [9.17, 15) is 9.59 Å². The first-order chi connectivity index (χ1) is 10.7. The molecule has 0 saturated carbocycles. The fourth-order valence-corrected chi connectivity index (χ4v) is 2.67. The number of nitrogens with zero attached hydrogens (tertiary/aromatic N) is 1. The Balaban J connectivity index is 1.57. The van der Waals surface area contributed by atoms with E-state index in [0.29, 0.717) is 19.4 Å². The summed E-state index contributed by atoms with van der Waals surface area (Å²) in [6.07, 6.45) is 1.15. The Labute approximate surface area is 129 Å². The summed E-state index contributed by atoms with van der Waals surface area (Å²) in [5, 5.41) is 2.81. The molecule has 0 radical (unpaired) electrons. The van der Waals surface area contributed by atoms with Crippen LogP contribution in [0.25, 0.3) is 0 Å². The van der Waals surface area contributed by atoms with E-state index in [1.807, 2.05) is 60.7 Å². The molecule has 1 atom stereocenters. The number of hydrogen-bond donors (Lipinski definition) is 1. The molecule has 1 aliphatic heterocycles. The van der Waals surface area contributed by atoms with Crippen molar-refractivity contribution in [3.63, 3.8) is 0 Å². The van der Waals surface area contributed by atoms with Gasteiger partial charge in [0.2, 0.25) is 5.91 Å². The van der Waals surface area contributed by atoms with E-state index in [1.165, 1.54) is 4.90 Å². The van der Waals surface area contributed by atoms with Crippen molar-refractivity contribution in [3.8, 4) is 0 Å². The van der Waals surface area contributed by atoms with E-state index in [1.54, 1.807) is 0 Å². The van der Waals surface area contributed by atoms with E-state index in [-0.39, 0.29) is 18.0 Å². The predicted molar refractivity (Wildman–Crippen MR) is 84.1 cm³/mol. The maximum absolute atomic E-state index is 12.2. The molecule has 0 aromatic heterocycles. The minimum atomic E-state index is -0.305. The van der Waals surface area contributed by atoms with Gasteiger partial charge in [0.15, 0.2) is 0 Å². The Hall–Kier alpha value is -2.62. The van der Waals surface area contributed by atoms with E-state index in [0.717, 1.165) is 11.1 Å². The molecule has 3 rings (SSSR count). The predicted octanol–water partition coefficient (Wildman–Crippen LogP) is 2.74. The van der Waals surface area contributed by atoms with Gasteiger partial charge in [-0.25, -0.2) is 4.79 Å². The normalized spacial score (nSPS) is 17.0. The number of urea groups is 1. The molecule has 0 bridgehead atoms. The third-order valence-electron chi connectivity index (χ3n) is 3.86. The SMILES string of the molecule is O=C1CC(Cc2ccccc2)N1C(=O)NCc1ccccc1. The number of amides is 3. The average molecular weight is 294 g/mol. The Morgan fingerprint density at radius 3 is 2.18 bits per heavy atom. The van der Waals surface area contributed by atoms with E-state index in [2.05, 4.69) is 5.32 Å². The van der Waals surface area contributed by atoms with Crippen LogP contribution >= 0.6 is 0 Å². The number of nitrogens with one attached hydrogen (secondary N) is 1. The fraction of sp³-hybridized carbons (Fsp3) is 0.222. The number of benzene rings is 2. The van der Waals surface area contributed by atoms with Crippen molar-refractivity contribution in [1.82, 2.24) is 10.2 Å². The molecule has 1 N–H and O–H groups in total. The Bertz CT molecular complexity index is 655. The van der Waals surface area contributed by atoms with Crippen LogP contribution in [-0.2, 0) is 17.8 Å². The van der Waals surface area contributed by atoms with Crippen molar-refractivity contribution in [2.75, 3.05) is 0 Å². The second-order valence-corrected chi connectivity index (χ2v) is 5.46. The van der Waals surface area contributed by atoms with Crippen molar-refractivity contribution in [1.29, 1.82) is 0 Å². The summed E-state index contributed by atoms with van der Waals surface area (Å²) < 4.78 is 0. The van der Waals surface area contributed by atoms with Crippen LogP contribution in [0.3, 0.4) is 0 Å². The molecule has 3 amide bonds. The molecule has 2 aromatic rings. The smallest absolute Gasteiger partial charge is 0.324 e. The van der Waals surface area contributed by atoms with Crippen LogP contribution in [0.15, 0.2) is 60.7 Å². The van der Waals surface area contributed by atoms with Gasteiger partial charge < -0.3 is 5.32 Å². The monoisotopic (exact) mass is 294 g/mol. The van der Waals surface area contributed by atoms with E-state index in [4.69, 9.17) is 0 Å². The largest absolute Gasteiger partial charge is 0.334 e. The third-order valence-corrected chi connectivity index (χ3v) is 3.86. The second-order valence-electron chi connectivity index (χ2n) is 5.46. The zero-order chi connectivity index (χ0) is 15.4. The topological polar surface area (TPSA) is 49.4 Å². The number of carbonyl (C=O) groups excluding carboxylic acids is 2. The average Bonchev–Trinajstić information content (AvgIpc) is 2.54. The number of rotatable bonds is 4. The molecular weight excluding hydrogens is 276 g/mol. The summed E-state index contributed by atoms with van der Waals surface area (Å²) in [7, 11) is 0. The lowest BCUT2D eigenvalue weighted by atomic mass is 9.95. The Morgan fingerprint density at radius 2 is 1.59 bits per heavy atom. The van der Waals surface area contributed by atoms with Crippen LogP contribution in [0.4, 0.5) is 4.79 Å². The second kappa shape index (κ2) is 6.43. The maximum Gasteiger partial charge on any atom is 0.324 e. The Morgan fingerprint density at radius 1 is 1.00 bits per heavy atom. The van der Waals surface area contributed by atoms with Crippen LogP contribution in [0, 0.1) is 0 Å².